The summed E-state index contributed by atoms with van der Waals surface area (Å²) in [5, 5.41) is 17.4. The molecule has 146 valence electrons. The molecule has 0 bridgehead atoms. The third-order valence-corrected chi connectivity index (χ3v) is 4.44. The number of carbonyl (C=O) groups is 1. The van der Waals surface area contributed by atoms with Crippen molar-refractivity contribution >= 4 is 29.0 Å². The van der Waals surface area contributed by atoms with Gasteiger partial charge in [-0.25, -0.2) is 0 Å². The minimum Gasteiger partial charge on any atom is -0.497 e. The molecule has 1 amide bonds. The molecule has 1 saturated heterocycles. The van der Waals surface area contributed by atoms with Crippen molar-refractivity contribution in [2.75, 3.05) is 43.5 Å². The minimum absolute atomic E-state index is 0.0150. The van der Waals surface area contributed by atoms with E-state index in [1.807, 2.05) is 17.0 Å². The highest BCUT2D eigenvalue weighted by Gasteiger charge is 2.21. The Kier molecular flexibility index (Phi) is 6.23. The molecule has 1 heterocycles. The first kappa shape index (κ1) is 19.4. The Bertz CT molecular complexity index is 874. The van der Waals surface area contributed by atoms with Gasteiger partial charge < -0.3 is 20.3 Å². The summed E-state index contributed by atoms with van der Waals surface area (Å²) in [6.07, 6.45) is 3.05. The molecule has 8 heteroatoms. The molecule has 1 fully saturated rings. The van der Waals surface area contributed by atoms with Crippen molar-refractivity contribution in [1.29, 1.82) is 0 Å². The third-order valence-electron chi connectivity index (χ3n) is 4.44. The van der Waals surface area contributed by atoms with Gasteiger partial charge in [-0.2, -0.15) is 0 Å². The second kappa shape index (κ2) is 9.01. The fourth-order valence-corrected chi connectivity index (χ4v) is 2.99. The first-order valence-electron chi connectivity index (χ1n) is 8.94. The molecule has 0 saturated carbocycles. The van der Waals surface area contributed by atoms with E-state index < -0.39 is 4.92 Å². The molecule has 2 aromatic carbocycles. The van der Waals surface area contributed by atoms with Crippen LogP contribution in [0.4, 0.5) is 17.1 Å². The average Bonchev–Trinajstić information content (AvgIpc) is 2.73. The summed E-state index contributed by atoms with van der Waals surface area (Å²) in [6.45, 7) is 2.98. The fraction of sp³-hybridized carbons (Fsp3) is 0.250. The van der Waals surface area contributed by atoms with Crippen molar-refractivity contribution in [2.24, 2.45) is 0 Å². The maximum atomic E-state index is 12.2. The van der Waals surface area contributed by atoms with E-state index in [1.54, 1.807) is 37.5 Å². The number of methoxy groups -OCH3 is 1. The molecule has 0 radical (unpaired) electrons. The molecule has 28 heavy (non-hydrogen) atoms. The Morgan fingerprint density at radius 2 is 1.93 bits per heavy atom. The number of nitro benzene ring substituents is 1. The van der Waals surface area contributed by atoms with Crippen molar-refractivity contribution in [1.82, 2.24) is 5.32 Å². The van der Waals surface area contributed by atoms with Crippen molar-refractivity contribution in [3.05, 3.63) is 64.2 Å². The number of piperazine rings is 1. The third kappa shape index (κ3) is 4.86. The van der Waals surface area contributed by atoms with E-state index in [4.69, 9.17) is 4.74 Å². The highest BCUT2D eigenvalue weighted by molar-refractivity contribution is 6.02. The molecule has 0 spiro atoms. The maximum Gasteiger partial charge on any atom is 0.294 e. The summed E-state index contributed by atoms with van der Waals surface area (Å²) >= 11 is 0. The summed E-state index contributed by atoms with van der Waals surface area (Å²) in [5.74, 6) is 0.374. The number of benzene rings is 2. The average molecular weight is 382 g/mol. The van der Waals surface area contributed by atoms with Gasteiger partial charge in [0.15, 0.2) is 0 Å². The van der Waals surface area contributed by atoms with Gasteiger partial charge in [-0.3, -0.25) is 14.9 Å². The van der Waals surface area contributed by atoms with E-state index >= 15 is 0 Å². The lowest BCUT2D eigenvalue weighted by Crippen LogP contribution is -2.43. The van der Waals surface area contributed by atoms with Crippen LogP contribution in [-0.2, 0) is 4.79 Å². The predicted molar refractivity (Wildman–Crippen MR) is 109 cm³/mol. The fourth-order valence-electron chi connectivity index (χ4n) is 2.99. The topological polar surface area (TPSA) is 96.7 Å². The van der Waals surface area contributed by atoms with Gasteiger partial charge in [-0.15, -0.1) is 0 Å². The number of hydrogen-bond acceptors (Lipinski definition) is 6. The molecule has 1 aliphatic rings. The van der Waals surface area contributed by atoms with Gasteiger partial charge in [0.2, 0.25) is 5.91 Å². The summed E-state index contributed by atoms with van der Waals surface area (Å²) in [7, 11) is 1.59. The molecule has 0 aliphatic carbocycles. The first-order valence-corrected chi connectivity index (χ1v) is 8.94. The van der Waals surface area contributed by atoms with E-state index in [0.717, 1.165) is 24.4 Å². The SMILES string of the molecule is COc1ccc(/C=C/C(=O)Nc2ccc(N3CCNCC3)c([N+](=O)[O-])c2)cc1. The van der Waals surface area contributed by atoms with Crippen LogP contribution >= 0.6 is 0 Å². The molecule has 0 aromatic heterocycles. The number of ether oxygens (including phenoxy) is 1. The number of carbonyl (C=O) groups excluding carboxylic acids is 1. The van der Waals surface area contributed by atoms with Crippen LogP contribution in [0.5, 0.6) is 5.75 Å². The number of amides is 1. The number of nitrogens with zero attached hydrogens (tertiary/aromatic N) is 2. The number of rotatable bonds is 6. The molecule has 8 nitrogen and oxygen atoms in total. The van der Waals surface area contributed by atoms with Crippen LogP contribution in [0.1, 0.15) is 5.56 Å². The van der Waals surface area contributed by atoms with Crippen LogP contribution in [0, 0.1) is 10.1 Å². The standard InChI is InChI=1S/C20H22N4O4/c1-28-17-6-2-15(3-7-17)4-9-20(25)22-16-5-8-18(19(14-16)24(26)27)23-12-10-21-11-13-23/h2-9,14,21H,10-13H2,1H3,(H,22,25)/b9-4+. The largest absolute Gasteiger partial charge is 0.497 e. The van der Waals surface area contributed by atoms with E-state index in [2.05, 4.69) is 10.6 Å². The van der Waals surface area contributed by atoms with Gasteiger partial charge >= 0.3 is 0 Å². The van der Waals surface area contributed by atoms with Gasteiger partial charge in [0, 0.05) is 44.0 Å². The van der Waals surface area contributed by atoms with Crippen LogP contribution in [-0.4, -0.2) is 44.1 Å². The van der Waals surface area contributed by atoms with Crippen molar-refractivity contribution < 1.29 is 14.5 Å². The summed E-state index contributed by atoms with van der Waals surface area (Å²) < 4.78 is 5.09. The summed E-state index contributed by atoms with van der Waals surface area (Å²) in [4.78, 5) is 25.2. The Balaban J connectivity index is 1.70. The molecule has 0 unspecified atom stereocenters. The van der Waals surface area contributed by atoms with Gasteiger partial charge in [-0.1, -0.05) is 12.1 Å². The highest BCUT2D eigenvalue weighted by Crippen LogP contribution is 2.31. The second-order valence-corrected chi connectivity index (χ2v) is 6.29. The zero-order valence-electron chi connectivity index (χ0n) is 15.6. The lowest BCUT2D eigenvalue weighted by Gasteiger charge is -2.29. The van der Waals surface area contributed by atoms with Gasteiger partial charge in [0.05, 0.1) is 12.0 Å². The van der Waals surface area contributed by atoms with Gasteiger partial charge in [0.25, 0.3) is 5.69 Å². The zero-order valence-corrected chi connectivity index (χ0v) is 15.6. The molecule has 1 aliphatic heterocycles. The molecular formula is C20H22N4O4. The normalized spacial score (nSPS) is 14.1. The number of hydrogen-bond donors (Lipinski definition) is 2. The molecule has 3 rings (SSSR count). The number of nitro groups is 1. The van der Waals surface area contributed by atoms with Crippen LogP contribution in [0.15, 0.2) is 48.5 Å². The summed E-state index contributed by atoms with van der Waals surface area (Å²) in [5.41, 5.74) is 1.78. The predicted octanol–water partition coefficient (Wildman–Crippen LogP) is 2.66. The Morgan fingerprint density at radius 1 is 1.21 bits per heavy atom. The highest BCUT2D eigenvalue weighted by atomic mass is 16.6. The molecule has 2 aromatic rings. The van der Waals surface area contributed by atoms with Crippen molar-refractivity contribution in [3.63, 3.8) is 0 Å². The molecule has 0 atom stereocenters. The van der Waals surface area contributed by atoms with Crippen molar-refractivity contribution in [3.8, 4) is 5.75 Å². The zero-order chi connectivity index (χ0) is 19.9. The monoisotopic (exact) mass is 382 g/mol. The molecular weight excluding hydrogens is 360 g/mol. The molecule has 2 N–H and O–H groups in total. The van der Waals surface area contributed by atoms with E-state index in [1.165, 1.54) is 12.1 Å². The smallest absolute Gasteiger partial charge is 0.294 e. The Hall–Kier alpha value is -3.39. The minimum atomic E-state index is -0.416. The maximum absolute atomic E-state index is 12.2. The number of anilines is 2. The lowest BCUT2D eigenvalue weighted by molar-refractivity contribution is -0.384. The van der Waals surface area contributed by atoms with E-state index in [0.29, 0.717) is 24.5 Å². The Labute approximate surface area is 163 Å². The van der Waals surface area contributed by atoms with Crippen LogP contribution < -0.4 is 20.3 Å². The lowest BCUT2D eigenvalue weighted by atomic mass is 10.2. The summed E-state index contributed by atoms with van der Waals surface area (Å²) in [6, 6.07) is 12.0. The second-order valence-electron chi connectivity index (χ2n) is 6.29. The van der Waals surface area contributed by atoms with E-state index in [-0.39, 0.29) is 11.6 Å². The van der Waals surface area contributed by atoms with Gasteiger partial charge in [-0.05, 0) is 35.9 Å². The van der Waals surface area contributed by atoms with Crippen LogP contribution in [0.2, 0.25) is 0 Å². The van der Waals surface area contributed by atoms with Crippen molar-refractivity contribution in [2.45, 2.75) is 0 Å². The first-order chi connectivity index (χ1) is 13.6. The van der Waals surface area contributed by atoms with Crippen LogP contribution in [0.25, 0.3) is 6.08 Å². The van der Waals surface area contributed by atoms with Crippen LogP contribution in [0.3, 0.4) is 0 Å². The number of nitrogens with one attached hydrogen (secondary N) is 2. The van der Waals surface area contributed by atoms with Gasteiger partial charge in [0.1, 0.15) is 11.4 Å². The Morgan fingerprint density at radius 3 is 2.57 bits per heavy atom. The quantitative estimate of drug-likeness (QED) is 0.453. The van der Waals surface area contributed by atoms with E-state index in [9.17, 15) is 14.9 Å².